The molecule has 2 rings (SSSR count). The van der Waals surface area contributed by atoms with Crippen LogP contribution in [0.25, 0.3) is 0 Å². The number of halogens is 1. The zero-order valence-electron chi connectivity index (χ0n) is 14.3. The van der Waals surface area contributed by atoms with Gasteiger partial charge in [-0.15, -0.1) is 8.83 Å². The highest BCUT2D eigenvalue weighted by Crippen LogP contribution is 2.22. The van der Waals surface area contributed by atoms with Gasteiger partial charge in [-0.2, -0.15) is 8.42 Å². The second-order valence-electron chi connectivity index (χ2n) is 5.34. The summed E-state index contributed by atoms with van der Waals surface area (Å²) in [6.07, 6.45) is 0. The first kappa shape index (κ1) is 21.6. The lowest BCUT2D eigenvalue weighted by Crippen LogP contribution is -2.56. The van der Waals surface area contributed by atoms with E-state index in [-0.39, 0.29) is 14.5 Å². The van der Waals surface area contributed by atoms with Gasteiger partial charge in [0.05, 0.1) is 4.90 Å². The molecular weight excluding hydrogens is 432 g/mol. The predicted octanol–water partition coefficient (Wildman–Crippen LogP) is 2.30. The van der Waals surface area contributed by atoms with E-state index in [1.165, 1.54) is 48.5 Å². The number of carbonyl (C=O) groups is 2. The predicted molar refractivity (Wildman–Crippen MR) is 103 cm³/mol. The zero-order chi connectivity index (χ0) is 21.1. The van der Waals surface area contributed by atoms with Crippen LogP contribution >= 0.6 is 11.6 Å². The first-order valence-electron chi connectivity index (χ1n) is 7.43. The molecule has 0 fully saturated rings. The molecule has 0 spiro atoms. The molecule has 2 aromatic carbocycles. The lowest BCUT2D eigenvalue weighted by atomic mass is 10.2. The largest absolute Gasteiger partial charge is 0.356 e. The van der Waals surface area contributed by atoms with Crippen molar-refractivity contribution in [1.82, 2.24) is 8.83 Å². The maximum absolute atomic E-state index is 12.9. The summed E-state index contributed by atoms with van der Waals surface area (Å²) in [6.45, 7) is 1.71. The molecule has 1 atom stereocenters. The van der Waals surface area contributed by atoms with E-state index in [0.717, 1.165) is 5.56 Å². The average Bonchev–Trinajstić information content (AvgIpc) is 2.60. The Morgan fingerprint density at radius 2 is 1.64 bits per heavy atom. The molecule has 0 saturated heterocycles. The number of hydrazine groups is 1. The van der Waals surface area contributed by atoms with Crippen LogP contribution in [0.4, 0.5) is 15.3 Å². The van der Waals surface area contributed by atoms with Crippen molar-refractivity contribution in [2.24, 2.45) is 5.73 Å². The number of nitrogens with zero attached hydrogens (tertiary/aromatic N) is 2. The molecule has 0 radical (unpaired) electrons. The highest BCUT2D eigenvalue weighted by molar-refractivity contribution is 7.90. The van der Waals surface area contributed by atoms with Gasteiger partial charge in [0.15, 0.2) is 0 Å². The van der Waals surface area contributed by atoms with Gasteiger partial charge in [-0.1, -0.05) is 29.3 Å². The third kappa shape index (κ3) is 4.78. The SMILES string of the molecule is Cc1ccc(S(=O)(=O)N(C(=O)Nc2ccc(Cl)cc2)N(C(N)=O)S(=O)O)cc1. The van der Waals surface area contributed by atoms with E-state index in [1.54, 1.807) is 6.92 Å². The van der Waals surface area contributed by atoms with E-state index in [9.17, 15) is 26.8 Å². The van der Waals surface area contributed by atoms with Crippen molar-refractivity contribution < 1.29 is 26.8 Å². The molecule has 0 aliphatic carbocycles. The van der Waals surface area contributed by atoms with E-state index < -0.39 is 38.2 Å². The first-order chi connectivity index (χ1) is 13.0. The Hall–Kier alpha value is -2.67. The fraction of sp³-hybridized carbons (Fsp3) is 0.0667. The quantitative estimate of drug-likeness (QED) is 0.484. The molecule has 0 aliphatic heterocycles. The molecule has 1 unspecified atom stereocenters. The lowest BCUT2D eigenvalue weighted by Gasteiger charge is -2.28. The van der Waals surface area contributed by atoms with Crippen LogP contribution < -0.4 is 11.1 Å². The summed E-state index contributed by atoms with van der Waals surface area (Å²) in [6, 6.07) is 7.77. The van der Waals surface area contributed by atoms with Crippen LogP contribution in [-0.4, -0.2) is 38.1 Å². The maximum atomic E-state index is 12.9. The van der Waals surface area contributed by atoms with Crippen molar-refractivity contribution in [1.29, 1.82) is 0 Å². The van der Waals surface area contributed by atoms with Crippen LogP contribution in [0.2, 0.25) is 5.02 Å². The fourth-order valence-corrected chi connectivity index (χ4v) is 4.17. The number of aryl methyl sites for hydroxylation is 1. The molecule has 0 aliphatic rings. The standard InChI is InChI=1S/C15H15ClN4O6S2/c1-10-2-8-13(9-3-10)28(25,26)20(19(14(17)21)27(23)24)15(22)18-12-6-4-11(16)5-7-12/h2-9H,1H3,(H2,17,21)(H,18,22)(H,23,24). The molecule has 10 nitrogen and oxygen atoms in total. The molecule has 0 saturated carbocycles. The highest BCUT2D eigenvalue weighted by atomic mass is 35.5. The lowest BCUT2D eigenvalue weighted by molar-refractivity contribution is 0.169. The zero-order valence-corrected chi connectivity index (χ0v) is 16.7. The second-order valence-corrected chi connectivity index (χ2v) is 8.35. The van der Waals surface area contributed by atoms with Gasteiger partial charge in [0.2, 0.25) is 0 Å². The molecule has 0 bridgehead atoms. The summed E-state index contributed by atoms with van der Waals surface area (Å²) in [5, 5.41) is 2.56. The van der Waals surface area contributed by atoms with Crippen LogP contribution in [0.1, 0.15) is 5.56 Å². The third-order valence-electron chi connectivity index (χ3n) is 3.32. The van der Waals surface area contributed by atoms with Crippen LogP contribution in [0.15, 0.2) is 53.4 Å². The number of rotatable bonds is 4. The van der Waals surface area contributed by atoms with Gasteiger partial charge in [0.25, 0.3) is 21.3 Å². The second kappa shape index (κ2) is 8.56. The number of urea groups is 2. The summed E-state index contributed by atoms with van der Waals surface area (Å²) < 4.78 is 46.3. The molecule has 150 valence electrons. The summed E-state index contributed by atoms with van der Waals surface area (Å²) in [5.41, 5.74) is 5.87. The molecule has 13 heteroatoms. The number of nitrogens with two attached hydrogens (primary N) is 1. The average molecular weight is 447 g/mol. The number of carbonyl (C=O) groups excluding carboxylic acids is 2. The van der Waals surface area contributed by atoms with Gasteiger partial charge < -0.3 is 11.1 Å². The number of amides is 4. The summed E-state index contributed by atoms with van der Waals surface area (Å²) in [5.74, 6) is 0. The third-order valence-corrected chi connectivity index (χ3v) is 5.96. The maximum Gasteiger partial charge on any atom is 0.356 e. The number of benzene rings is 2. The Balaban J connectivity index is 2.53. The number of sulfonamides is 1. The Kier molecular flexibility index (Phi) is 6.61. The first-order valence-corrected chi connectivity index (χ1v) is 10.3. The van der Waals surface area contributed by atoms with Crippen molar-refractivity contribution in [3.8, 4) is 0 Å². The topological polar surface area (TPSA) is 150 Å². The summed E-state index contributed by atoms with van der Waals surface area (Å²) >= 11 is 2.50. The number of hydrogen-bond acceptors (Lipinski definition) is 5. The van der Waals surface area contributed by atoms with E-state index in [1.807, 2.05) is 0 Å². The molecule has 4 N–H and O–H groups in total. The monoisotopic (exact) mass is 446 g/mol. The number of primary amides is 1. The van der Waals surface area contributed by atoms with E-state index in [0.29, 0.717) is 5.02 Å². The Morgan fingerprint density at radius 3 is 2.11 bits per heavy atom. The van der Waals surface area contributed by atoms with E-state index in [2.05, 4.69) is 5.32 Å². The summed E-state index contributed by atoms with van der Waals surface area (Å²) in [7, 11) is -4.77. The van der Waals surface area contributed by atoms with Crippen molar-refractivity contribution in [2.75, 3.05) is 5.32 Å². The Bertz CT molecular complexity index is 998. The van der Waals surface area contributed by atoms with Gasteiger partial charge in [-0.3, -0.25) is 4.55 Å². The van der Waals surface area contributed by atoms with Crippen molar-refractivity contribution >= 4 is 50.6 Å². The fourth-order valence-electron chi connectivity index (χ4n) is 2.03. The van der Waals surface area contributed by atoms with Gasteiger partial charge in [-0.05, 0) is 43.3 Å². The summed E-state index contributed by atoms with van der Waals surface area (Å²) in [4.78, 5) is 23.8. The van der Waals surface area contributed by atoms with E-state index >= 15 is 0 Å². The molecule has 0 heterocycles. The number of anilines is 1. The van der Waals surface area contributed by atoms with Crippen LogP contribution in [0.3, 0.4) is 0 Å². The normalized spacial score (nSPS) is 12.1. The Morgan fingerprint density at radius 1 is 1.11 bits per heavy atom. The van der Waals surface area contributed by atoms with Crippen molar-refractivity contribution in [3.63, 3.8) is 0 Å². The minimum atomic E-state index is -4.77. The van der Waals surface area contributed by atoms with E-state index in [4.69, 9.17) is 17.3 Å². The number of hydrogen-bond donors (Lipinski definition) is 3. The molecule has 28 heavy (non-hydrogen) atoms. The molecule has 0 aromatic heterocycles. The van der Waals surface area contributed by atoms with Gasteiger partial charge in [0.1, 0.15) is 0 Å². The highest BCUT2D eigenvalue weighted by Gasteiger charge is 2.40. The van der Waals surface area contributed by atoms with Gasteiger partial charge in [0, 0.05) is 10.7 Å². The van der Waals surface area contributed by atoms with Crippen molar-refractivity contribution in [3.05, 3.63) is 59.1 Å². The van der Waals surface area contributed by atoms with Gasteiger partial charge in [-0.25, -0.2) is 13.8 Å². The smallest absolute Gasteiger partial charge is 0.349 e. The minimum Gasteiger partial charge on any atom is -0.349 e. The molecular formula is C15H15ClN4O6S2. The Labute approximate surface area is 168 Å². The minimum absolute atomic E-state index is 0.117. The van der Waals surface area contributed by atoms with Crippen LogP contribution in [-0.2, 0) is 21.3 Å². The van der Waals surface area contributed by atoms with Crippen molar-refractivity contribution in [2.45, 2.75) is 11.8 Å². The molecule has 4 amide bonds. The number of nitrogens with one attached hydrogen (secondary N) is 1. The van der Waals surface area contributed by atoms with Crippen LogP contribution in [0.5, 0.6) is 0 Å². The van der Waals surface area contributed by atoms with Gasteiger partial charge >= 0.3 is 12.1 Å². The van der Waals surface area contributed by atoms with Crippen LogP contribution in [0, 0.1) is 6.92 Å². The molecule has 2 aromatic rings.